The molecule has 6 nitrogen and oxygen atoms in total. The van der Waals surface area contributed by atoms with E-state index < -0.39 is 0 Å². The molecule has 0 bridgehead atoms. The molecule has 0 unspecified atom stereocenters. The fourth-order valence-corrected chi connectivity index (χ4v) is 1.99. The number of hydrogen-bond acceptors (Lipinski definition) is 5. The number of rotatable bonds is 5. The van der Waals surface area contributed by atoms with Crippen LogP contribution in [0.1, 0.15) is 19.8 Å². The van der Waals surface area contributed by atoms with Gasteiger partial charge in [-0.2, -0.15) is 4.98 Å². The molecule has 1 N–H and O–H groups in total. The molecule has 0 saturated heterocycles. The number of methoxy groups -OCH3 is 1. The Morgan fingerprint density at radius 1 is 1.45 bits per heavy atom. The number of anilines is 2. The van der Waals surface area contributed by atoms with Gasteiger partial charge in [-0.05, 0) is 25.7 Å². The lowest BCUT2D eigenvalue weighted by atomic mass is 10.2. The molecule has 1 aliphatic rings. The summed E-state index contributed by atoms with van der Waals surface area (Å²) in [6, 6.07) is 0. The summed E-state index contributed by atoms with van der Waals surface area (Å²) in [6.45, 7) is 1.99. The maximum atomic E-state index is 12.1. The Balaban J connectivity index is 2.22. The standard InChI is InChI=1S/C14H20N4O2/c1-9(10-5-6-10)7-11(19)17-12-13(18(2)3)15-8-16-14(12)20-4/h7-8,10H,5-6H2,1-4H3,(H,17,19). The Morgan fingerprint density at radius 3 is 2.70 bits per heavy atom. The first kappa shape index (κ1) is 14.3. The van der Waals surface area contributed by atoms with Gasteiger partial charge < -0.3 is 15.0 Å². The van der Waals surface area contributed by atoms with Gasteiger partial charge >= 0.3 is 0 Å². The predicted molar refractivity (Wildman–Crippen MR) is 78.0 cm³/mol. The average Bonchev–Trinajstić information content (AvgIpc) is 3.22. The van der Waals surface area contributed by atoms with E-state index in [-0.39, 0.29) is 5.91 Å². The van der Waals surface area contributed by atoms with E-state index in [9.17, 15) is 4.79 Å². The Bertz CT molecular complexity index is 536. The number of ether oxygens (including phenoxy) is 1. The number of nitrogens with zero attached hydrogens (tertiary/aromatic N) is 3. The van der Waals surface area contributed by atoms with Crippen LogP contribution in [-0.4, -0.2) is 37.1 Å². The van der Waals surface area contributed by atoms with Crippen molar-refractivity contribution >= 4 is 17.4 Å². The molecule has 1 saturated carbocycles. The van der Waals surface area contributed by atoms with Crippen LogP contribution in [-0.2, 0) is 4.79 Å². The topological polar surface area (TPSA) is 67.4 Å². The summed E-state index contributed by atoms with van der Waals surface area (Å²) in [7, 11) is 5.22. The van der Waals surface area contributed by atoms with Crippen LogP contribution in [0.2, 0.25) is 0 Å². The molecule has 0 spiro atoms. The minimum absolute atomic E-state index is 0.175. The summed E-state index contributed by atoms with van der Waals surface area (Å²) in [6.07, 6.45) is 5.41. The molecule has 1 aliphatic carbocycles. The van der Waals surface area contributed by atoms with Crippen molar-refractivity contribution in [1.82, 2.24) is 9.97 Å². The predicted octanol–water partition coefficient (Wildman–Crippen LogP) is 1.85. The third-order valence-corrected chi connectivity index (χ3v) is 3.24. The van der Waals surface area contributed by atoms with E-state index in [0.717, 1.165) is 5.57 Å². The highest BCUT2D eigenvalue weighted by atomic mass is 16.5. The molecule has 108 valence electrons. The summed E-state index contributed by atoms with van der Waals surface area (Å²) >= 11 is 0. The van der Waals surface area contributed by atoms with Gasteiger partial charge in [0.2, 0.25) is 11.8 Å². The van der Waals surface area contributed by atoms with E-state index in [2.05, 4.69) is 15.3 Å². The fraction of sp³-hybridized carbons (Fsp3) is 0.500. The number of hydrogen-bond donors (Lipinski definition) is 1. The van der Waals surface area contributed by atoms with Crippen LogP contribution in [0.3, 0.4) is 0 Å². The Hall–Kier alpha value is -2.11. The van der Waals surface area contributed by atoms with Crippen LogP contribution in [0.5, 0.6) is 5.88 Å². The van der Waals surface area contributed by atoms with Gasteiger partial charge in [-0.25, -0.2) is 4.98 Å². The van der Waals surface area contributed by atoms with E-state index >= 15 is 0 Å². The van der Waals surface area contributed by atoms with Gasteiger partial charge in [0, 0.05) is 20.2 Å². The lowest BCUT2D eigenvalue weighted by Gasteiger charge is -2.17. The molecule has 1 amide bonds. The van der Waals surface area contributed by atoms with E-state index in [1.165, 1.54) is 26.3 Å². The summed E-state index contributed by atoms with van der Waals surface area (Å²) in [5.41, 5.74) is 1.61. The third-order valence-electron chi connectivity index (χ3n) is 3.24. The first-order chi connectivity index (χ1) is 9.52. The minimum Gasteiger partial charge on any atom is -0.479 e. The largest absolute Gasteiger partial charge is 0.479 e. The zero-order valence-electron chi connectivity index (χ0n) is 12.3. The molecule has 0 atom stereocenters. The Kier molecular flexibility index (Phi) is 4.22. The quantitative estimate of drug-likeness (QED) is 0.831. The SMILES string of the molecule is COc1ncnc(N(C)C)c1NC(=O)C=C(C)C1CC1. The Morgan fingerprint density at radius 2 is 2.15 bits per heavy atom. The molecule has 1 aromatic heterocycles. The van der Waals surface area contributed by atoms with Crippen LogP contribution >= 0.6 is 0 Å². The summed E-state index contributed by atoms with van der Waals surface area (Å²) in [5, 5.41) is 2.82. The summed E-state index contributed by atoms with van der Waals surface area (Å²) in [4.78, 5) is 22.1. The van der Waals surface area contributed by atoms with Gasteiger partial charge in [0.15, 0.2) is 5.82 Å². The zero-order valence-corrected chi connectivity index (χ0v) is 12.3. The van der Waals surface area contributed by atoms with Crippen molar-refractivity contribution in [2.75, 3.05) is 31.4 Å². The fourth-order valence-electron chi connectivity index (χ4n) is 1.99. The second kappa shape index (κ2) is 5.90. The maximum Gasteiger partial charge on any atom is 0.248 e. The first-order valence-corrected chi connectivity index (χ1v) is 6.58. The molecule has 1 fully saturated rings. The van der Waals surface area contributed by atoms with Gasteiger partial charge in [0.05, 0.1) is 7.11 Å². The molecule has 0 radical (unpaired) electrons. The number of amides is 1. The molecule has 20 heavy (non-hydrogen) atoms. The van der Waals surface area contributed by atoms with E-state index in [0.29, 0.717) is 23.3 Å². The highest BCUT2D eigenvalue weighted by molar-refractivity contribution is 6.02. The smallest absolute Gasteiger partial charge is 0.248 e. The lowest BCUT2D eigenvalue weighted by Crippen LogP contribution is -2.18. The van der Waals surface area contributed by atoms with E-state index in [4.69, 9.17) is 4.74 Å². The molecular weight excluding hydrogens is 256 g/mol. The number of allylic oxidation sites excluding steroid dienone is 1. The van der Waals surface area contributed by atoms with Crippen LogP contribution in [0, 0.1) is 5.92 Å². The minimum atomic E-state index is -0.175. The van der Waals surface area contributed by atoms with E-state index in [1.54, 1.807) is 11.0 Å². The van der Waals surface area contributed by atoms with Crippen molar-refractivity contribution < 1.29 is 9.53 Å². The second-order valence-corrected chi connectivity index (χ2v) is 5.13. The number of aromatic nitrogens is 2. The molecule has 1 aromatic rings. The maximum absolute atomic E-state index is 12.1. The highest BCUT2D eigenvalue weighted by Gasteiger charge is 2.24. The van der Waals surface area contributed by atoms with Crippen LogP contribution in [0.4, 0.5) is 11.5 Å². The number of carbonyl (C=O) groups is 1. The summed E-state index contributed by atoms with van der Waals surface area (Å²) < 4.78 is 5.19. The Labute approximate surface area is 118 Å². The second-order valence-electron chi connectivity index (χ2n) is 5.13. The van der Waals surface area contributed by atoms with Crippen LogP contribution < -0.4 is 15.0 Å². The van der Waals surface area contributed by atoms with Crippen molar-refractivity contribution in [3.63, 3.8) is 0 Å². The van der Waals surface area contributed by atoms with Crippen LogP contribution in [0.25, 0.3) is 0 Å². The van der Waals surface area contributed by atoms with Gasteiger partial charge in [-0.1, -0.05) is 5.57 Å². The monoisotopic (exact) mass is 276 g/mol. The normalized spacial score (nSPS) is 14.9. The van der Waals surface area contributed by atoms with Crippen molar-refractivity contribution in [3.05, 3.63) is 18.0 Å². The van der Waals surface area contributed by atoms with Gasteiger partial charge in [-0.15, -0.1) is 0 Å². The average molecular weight is 276 g/mol. The van der Waals surface area contributed by atoms with Gasteiger partial charge in [0.25, 0.3) is 0 Å². The molecule has 1 heterocycles. The number of carbonyl (C=O) groups excluding carboxylic acids is 1. The van der Waals surface area contributed by atoms with Crippen molar-refractivity contribution in [1.29, 1.82) is 0 Å². The summed E-state index contributed by atoms with van der Waals surface area (Å²) in [5.74, 6) is 1.37. The van der Waals surface area contributed by atoms with Gasteiger partial charge in [0.1, 0.15) is 12.0 Å². The van der Waals surface area contributed by atoms with Crippen molar-refractivity contribution in [2.45, 2.75) is 19.8 Å². The van der Waals surface area contributed by atoms with Crippen molar-refractivity contribution in [2.24, 2.45) is 5.92 Å². The van der Waals surface area contributed by atoms with Crippen molar-refractivity contribution in [3.8, 4) is 5.88 Å². The molecule has 2 rings (SSSR count). The number of nitrogens with one attached hydrogen (secondary N) is 1. The van der Waals surface area contributed by atoms with Gasteiger partial charge in [-0.3, -0.25) is 4.79 Å². The van der Waals surface area contributed by atoms with E-state index in [1.807, 2.05) is 21.0 Å². The third kappa shape index (κ3) is 3.26. The molecule has 0 aromatic carbocycles. The zero-order chi connectivity index (χ0) is 14.7. The molecule has 6 heteroatoms. The van der Waals surface area contributed by atoms with Crippen LogP contribution in [0.15, 0.2) is 18.0 Å². The molecular formula is C14H20N4O2. The highest BCUT2D eigenvalue weighted by Crippen LogP contribution is 2.36. The lowest BCUT2D eigenvalue weighted by molar-refractivity contribution is -0.112. The molecule has 0 aliphatic heterocycles. The first-order valence-electron chi connectivity index (χ1n) is 6.58.